The molecule has 0 amide bonds. The summed E-state index contributed by atoms with van der Waals surface area (Å²) in [7, 11) is 0. The highest BCUT2D eigenvalue weighted by Crippen LogP contribution is 2.15. The number of rotatable bonds is 4. The molecule has 0 aliphatic heterocycles. The summed E-state index contributed by atoms with van der Waals surface area (Å²) < 4.78 is 0. The second kappa shape index (κ2) is 4.66. The van der Waals surface area contributed by atoms with Crippen molar-refractivity contribution < 1.29 is 0 Å². The van der Waals surface area contributed by atoms with Gasteiger partial charge in [0.2, 0.25) is 0 Å². The molecule has 3 nitrogen and oxygen atoms in total. The molecule has 0 radical (unpaired) electrons. The van der Waals surface area contributed by atoms with Crippen LogP contribution in [0.3, 0.4) is 0 Å². The lowest BCUT2D eigenvalue weighted by atomic mass is 10.1. The molecule has 2 aromatic rings. The molecule has 0 saturated heterocycles. The average Bonchev–Trinajstić information content (AvgIpc) is 2.67. The van der Waals surface area contributed by atoms with E-state index in [1.54, 1.807) is 0 Å². The number of imidazole rings is 1. The van der Waals surface area contributed by atoms with E-state index in [0.29, 0.717) is 5.92 Å². The van der Waals surface area contributed by atoms with Crippen molar-refractivity contribution in [2.75, 3.05) is 6.54 Å². The third-order valence-corrected chi connectivity index (χ3v) is 2.96. The van der Waals surface area contributed by atoms with Crippen molar-refractivity contribution in [1.29, 1.82) is 0 Å². The van der Waals surface area contributed by atoms with Gasteiger partial charge in [-0.1, -0.05) is 13.0 Å². The Hall–Kier alpha value is -1.35. The molecule has 1 aromatic heterocycles. The summed E-state index contributed by atoms with van der Waals surface area (Å²) in [5.74, 6) is 1.64. The Morgan fingerprint density at radius 3 is 3.00 bits per heavy atom. The largest absolute Gasteiger partial charge is 0.342 e. The Kier molecular flexibility index (Phi) is 3.25. The highest BCUT2D eigenvalue weighted by Gasteiger charge is 2.05. The molecule has 3 N–H and O–H groups in total. The summed E-state index contributed by atoms with van der Waals surface area (Å²) in [5, 5.41) is 0. The smallest absolute Gasteiger partial charge is 0.107 e. The third-order valence-electron chi connectivity index (χ3n) is 2.96. The summed E-state index contributed by atoms with van der Waals surface area (Å²) in [5.41, 5.74) is 9.05. The number of nitrogens with one attached hydrogen (secondary N) is 1. The summed E-state index contributed by atoms with van der Waals surface area (Å²) >= 11 is 0. The van der Waals surface area contributed by atoms with Gasteiger partial charge in [0.1, 0.15) is 5.82 Å². The molecule has 2 rings (SSSR count). The van der Waals surface area contributed by atoms with Crippen LogP contribution in [0.15, 0.2) is 18.2 Å². The first-order valence-corrected chi connectivity index (χ1v) is 5.84. The van der Waals surface area contributed by atoms with E-state index < -0.39 is 0 Å². The molecule has 0 aliphatic carbocycles. The van der Waals surface area contributed by atoms with E-state index in [4.69, 9.17) is 5.73 Å². The van der Waals surface area contributed by atoms with Crippen LogP contribution in [-0.2, 0) is 6.42 Å². The second-order valence-corrected chi connectivity index (χ2v) is 4.58. The second-order valence-electron chi connectivity index (χ2n) is 4.58. The van der Waals surface area contributed by atoms with Gasteiger partial charge in [0.25, 0.3) is 0 Å². The fourth-order valence-corrected chi connectivity index (χ4v) is 1.80. The summed E-state index contributed by atoms with van der Waals surface area (Å²) in [6.45, 7) is 5.02. The van der Waals surface area contributed by atoms with Crippen molar-refractivity contribution in [3.05, 3.63) is 29.6 Å². The average molecular weight is 217 g/mol. The van der Waals surface area contributed by atoms with Crippen LogP contribution in [0.4, 0.5) is 0 Å². The number of nitrogens with zero attached hydrogens (tertiary/aromatic N) is 1. The lowest BCUT2D eigenvalue weighted by molar-refractivity contribution is 0.538. The van der Waals surface area contributed by atoms with Crippen LogP contribution in [0.1, 0.15) is 24.7 Å². The summed E-state index contributed by atoms with van der Waals surface area (Å²) in [4.78, 5) is 7.93. The minimum atomic E-state index is 0.565. The van der Waals surface area contributed by atoms with Crippen LogP contribution >= 0.6 is 0 Å². The van der Waals surface area contributed by atoms with E-state index >= 15 is 0 Å². The Morgan fingerprint density at radius 2 is 2.25 bits per heavy atom. The van der Waals surface area contributed by atoms with Gasteiger partial charge in [0.15, 0.2) is 0 Å². The molecule has 86 valence electrons. The van der Waals surface area contributed by atoms with Crippen molar-refractivity contribution in [3.63, 3.8) is 0 Å². The van der Waals surface area contributed by atoms with Gasteiger partial charge in [-0.25, -0.2) is 4.98 Å². The predicted octanol–water partition coefficient (Wildman–Crippen LogP) is 2.40. The molecule has 1 atom stereocenters. The lowest BCUT2D eigenvalue weighted by Gasteiger charge is -2.05. The van der Waals surface area contributed by atoms with Gasteiger partial charge in [-0.05, 0) is 43.5 Å². The Morgan fingerprint density at radius 1 is 1.44 bits per heavy atom. The first-order valence-electron chi connectivity index (χ1n) is 5.84. The van der Waals surface area contributed by atoms with Crippen LogP contribution in [-0.4, -0.2) is 16.5 Å². The monoisotopic (exact) mass is 217 g/mol. The van der Waals surface area contributed by atoms with Crippen LogP contribution in [0.2, 0.25) is 0 Å². The van der Waals surface area contributed by atoms with Crippen LogP contribution in [0.25, 0.3) is 11.0 Å². The van der Waals surface area contributed by atoms with E-state index in [-0.39, 0.29) is 0 Å². The maximum absolute atomic E-state index is 5.60. The molecular formula is C13H19N3. The number of nitrogens with two attached hydrogens (primary N) is 1. The van der Waals surface area contributed by atoms with Crippen molar-refractivity contribution >= 4 is 11.0 Å². The highest BCUT2D eigenvalue weighted by atomic mass is 14.9. The lowest BCUT2D eigenvalue weighted by Crippen LogP contribution is -2.11. The zero-order chi connectivity index (χ0) is 11.5. The molecule has 1 aromatic carbocycles. The maximum atomic E-state index is 5.60. The van der Waals surface area contributed by atoms with Crippen molar-refractivity contribution in [1.82, 2.24) is 9.97 Å². The van der Waals surface area contributed by atoms with Crippen LogP contribution in [0, 0.1) is 12.8 Å². The van der Waals surface area contributed by atoms with Crippen molar-refractivity contribution in [3.8, 4) is 0 Å². The fourth-order valence-electron chi connectivity index (χ4n) is 1.80. The number of benzene rings is 1. The Balaban J connectivity index is 2.13. The zero-order valence-corrected chi connectivity index (χ0v) is 9.96. The van der Waals surface area contributed by atoms with Gasteiger partial charge in [0, 0.05) is 6.42 Å². The van der Waals surface area contributed by atoms with E-state index in [2.05, 4.69) is 42.0 Å². The first kappa shape index (κ1) is 11.1. The first-order chi connectivity index (χ1) is 7.69. The maximum Gasteiger partial charge on any atom is 0.107 e. The quantitative estimate of drug-likeness (QED) is 0.826. The van der Waals surface area contributed by atoms with Gasteiger partial charge in [-0.2, -0.15) is 0 Å². The Labute approximate surface area is 96.1 Å². The van der Waals surface area contributed by atoms with Gasteiger partial charge in [-0.15, -0.1) is 0 Å². The van der Waals surface area contributed by atoms with Crippen LogP contribution < -0.4 is 5.73 Å². The normalized spacial score (nSPS) is 13.2. The number of H-pyrrole nitrogens is 1. The number of fused-ring (bicyclic) bond motifs is 1. The summed E-state index contributed by atoms with van der Waals surface area (Å²) in [6, 6.07) is 6.30. The molecule has 0 spiro atoms. The van der Waals surface area contributed by atoms with Crippen LogP contribution in [0.5, 0.6) is 0 Å². The summed E-state index contributed by atoms with van der Waals surface area (Å²) in [6.07, 6.45) is 2.07. The highest BCUT2D eigenvalue weighted by molar-refractivity contribution is 5.75. The number of hydrogen-bond acceptors (Lipinski definition) is 2. The number of aryl methyl sites for hydroxylation is 2. The number of aromatic nitrogens is 2. The minimum Gasteiger partial charge on any atom is -0.342 e. The molecule has 0 aliphatic rings. The number of hydrogen-bond donors (Lipinski definition) is 2. The van der Waals surface area contributed by atoms with Crippen molar-refractivity contribution in [2.24, 2.45) is 11.7 Å². The Bertz CT molecular complexity index is 473. The van der Waals surface area contributed by atoms with E-state index in [0.717, 1.165) is 36.2 Å². The molecule has 16 heavy (non-hydrogen) atoms. The van der Waals surface area contributed by atoms with Gasteiger partial charge in [-0.3, -0.25) is 0 Å². The molecule has 1 heterocycles. The van der Waals surface area contributed by atoms with E-state index in [1.807, 2.05) is 0 Å². The SMILES string of the molecule is Cc1ccc2nc(CCC(C)CN)[nH]c2c1. The molecule has 1 unspecified atom stereocenters. The van der Waals surface area contributed by atoms with Crippen molar-refractivity contribution in [2.45, 2.75) is 26.7 Å². The number of aromatic amines is 1. The third kappa shape index (κ3) is 2.42. The molecular weight excluding hydrogens is 198 g/mol. The molecule has 3 heteroatoms. The van der Waals surface area contributed by atoms with Gasteiger partial charge < -0.3 is 10.7 Å². The van der Waals surface area contributed by atoms with E-state index in [9.17, 15) is 0 Å². The van der Waals surface area contributed by atoms with Gasteiger partial charge in [0.05, 0.1) is 11.0 Å². The topological polar surface area (TPSA) is 54.7 Å². The molecule has 0 bridgehead atoms. The molecule has 0 saturated carbocycles. The fraction of sp³-hybridized carbons (Fsp3) is 0.462. The molecule has 0 fully saturated rings. The van der Waals surface area contributed by atoms with Gasteiger partial charge >= 0.3 is 0 Å². The van der Waals surface area contributed by atoms with E-state index in [1.165, 1.54) is 5.56 Å². The minimum absolute atomic E-state index is 0.565. The predicted molar refractivity (Wildman–Crippen MR) is 67.4 cm³/mol. The zero-order valence-electron chi connectivity index (χ0n) is 9.96. The standard InChI is InChI=1S/C13H19N3/c1-9-3-5-11-12(7-9)16-13(15-11)6-4-10(2)8-14/h3,5,7,10H,4,6,8,14H2,1-2H3,(H,15,16).